The lowest BCUT2D eigenvalue weighted by Crippen LogP contribution is -2.19. The summed E-state index contributed by atoms with van der Waals surface area (Å²) in [6.45, 7) is 1.73. The van der Waals surface area contributed by atoms with E-state index in [4.69, 9.17) is 11.6 Å². The van der Waals surface area contributed by atoms with E-state index in [9.17, 15) is 29.7 Å². The molecule has 0 bridgehead atoms. The van der Waals surface area contributed by atoms with E-state index in [2.05, 4.69) is 0 Å². The van der Waals surface area contributed by atoms with E-state index in [0.717, 1.165) is 35.5 Å². The lowest BCUT2D eigenvalue weighted by molar-refractivity contribution is 0.138. The Morgan fingerprint density at radius 1 is 1.28 bits per heavy atom. The third-order valence-electron chi connectivity index (χ3n) is 5.44. The third kappa shape index (κ3) is 8.08. The summed E-state index contributed by atoms with van der Waals surface area (Å²) in [7, 11) is -4.19. The van der Waals surface area contributed by atoms with Gasteiger partial charge in [-0.15, -0.1) is 22.9 Å². The van der Waals surface area contributed by atoms with Crippen molar-refractivity contribution in [3.63, 3.8) is 0 Å². The van der Waals surface area contributed by atoms with Gasteiger partial charge in [-0.05, 0) is 69.9 Å². The summed E-state index contributed by atoms with van der Waals surface area (Å²) in [5, 5.41) is 29.6. The van der Waals surface area contributed by atoms with Crippen LogP contribution in [-0.4, -0.2) is 48.8 Å². The molecule has 1 fully saturated rings. The molecule has 0 aliphatic heterocycles. The lowest BCUT2D eigenvalue weighted by atomic mass is 9.89. The van der Waals surface area contributed by atoms with Crippen LogP contribution in [0.3, 0.4) is 0 Å². The van der Waals surface area contributed by atoms with Gasteiger partial charge in [-0.2, -0.15) is 0 Å². The van der Waals surface area contributed by atoms with Crippen molar-refractivity contribution in [1.82, 2.24) is 0 Å². The van der Waals surface area contributed by atoms with Crippen LogP contribution >= 0.6 is 30.5 Å². The largest absolute Gasteiger partial charge is 0.393 e. The third-order valence-corrected chi connectivity index (χ3v) is 8.60. The van der Waals surface area contributed by atoms with E-state index in [1.807, 2.05) is 6.08 Å². The molecule has 1 aromatic rings. The highest BCUT2D eigenvalue weighted by atomic mass is 35.5. The Balaban J connectivity index is 1.86. The first kappa shape index (κ1) is 25.0. The van der Waals surface area contributed by atoms with Crippen molar-refractivity contribution in [3.8, 4) is 0 Å². The second-order valence-electron chi connectivity index (χ2n) is 7.97. The second-order valence-corrected chi connectivity index (χ2v) is 11.6. The van der Waals surface area contributed by atoms with Gasteiger partial charge in [0.2, 0.25) is 0 Å². The number of hydrogen-bond donors (Lipinski definition) is 5. The number of halogens is 1. The zero-order valence-electron chi connectivity index (χ0n) is 16.6. The molecule has 1 aliphatic carbocycles. The number of alkyl halides is 1. The Hall–Kier alpha value is -0.240. The molecule has 1 saturated carbocycles. The highest BCUT2D eigenvalue weighted by Gasteiger charge is 2.39. The molecule has 2 rings (SSSR count). The SMILES string of the molecule is C[C@@H](O)CCC[C@H](O)C=C[C@@H]1[C@@H](CCCc2ccc(P(=O)(O)O)s2)[C@H](Cl)C[C@H]1O. The van der Waals surface area contributed by atoms with Gasteiger partial charge in [0, 0.05) is 16.2 Å². The monoisotopic (exact) mass is 466 g/mol. The Labute approximate surface area is 181 Å². The van der Waals surface area contributed by atoms with Crippen molar-refractivity contribution in [2.45, 2.75) is 75.6 Å². The van der Waals surface area contributed by atoms with E-state index >= 15 is 0 Å². The van der Waals surface area contributed by atoms with E-state index in [1.54, 1.807) is 19.1 Å². The van der Waals surface area contributed by atoms with Crippen molar-refractivity contribution in [2.24, 2.45) is 11.8 Å². The Morgan fingerprint density at radius 3 is 2.62 bits per heavy atom. The number of hydrogen-bond acceptors (Lipinski definition) is 5. The minimum atomic E-state index is -4.19. The second kappa shape index (κ2) is 11.4. The van der Waals surface area contributed by atoms with Crippen LogP contribution in [0.25, 0.3) is 0 Å². The summed E-state index contributed by atoms with van der Waals surface area (Å²) in [5.41, 5.74) is 0. The van der Waals surface area contributed by atoms with Crippen molar-refractivity contribution in [2.75, 3.05) is 0 Å². The maximum Gasteiger partial charge on any atom is 0.366 e. The fraction of sp³-hybridized carbons (Fsp3) is 0.700. The van der Waals surface area contributed by atoms with Crippen molar-refractivity contribution in [1.29, 1.82) is 0 Å². The molecule has 29 heavy (non-hydrogen) atoms. The van der Waals surface area contributed by atoms with Gasteiger partial charge in [-0.3, -0.25) is 4.57 Å². The topological polar surface area (TPSA) is 118 Å². The van der Waals surface area contributed by atoms with Gasteiger partial charge < -0.3 is 25.1 Å². The molecule has 0 radical (unpaired) electrons. The maximum absolute atomic E-state index is 11.3. The summed E-state index contributed by atoms with van der Waals surface area (Å²) in [6.07, 6.45) is 6.87. The quantitative estimate of drug-likeness (QED) is 0.194. The average Bonchev–Trinajstić information content (AvgIpc) is 3.18. The van der Waals surface area contributed by atoms with Crippen LogP contribution in [0.1, 0.15) is 50.3 Å². The molecule has 1 aromatic heterocycles. The van der Waals surface area contributed by atoms with Gasteiger partial charge in [0.15, 0.2) is 0 Å². The maximum atomic E-state index is 11.3. The predicted molar refractivity (Wildman–Crippen MR) is 117 cm³/mol. The molecule has 0 spiro atoms. The minimum absolute atomic E-state index is 0.0874. The fourth-order valence-corrected chi connectivity index (χ4v) is 6.24. The molecule has 5 N–H and O–H groups in total. The normalized spacial score (nSPS) is 27.6. The summed E-state index contributed by atoms with van der Waals surface area (Å²) >= 11 is 7.60. The molecule has 0 amide bonds. The Kier molecular flexibility index (Phi) is 9.84. The highest BCUT2D eigenvalue weighted by molar-refractivity contribution is 7.67. The molecule has 166 valence electrons. The van der Waals surface area contributed by atoms with Gasteiger partial charge in [0.1, 0.15) is 4.62 Å². The summed E-state index contributed by atoms with van der Waals surface area (Å²) < 4.78 is 11.4. The highest BCUT2D eigenvalue weighted by Crippen LogP contribution is 2.41. The van der Waals surface area contributed by atoms with E-state index in [-0.39, 0.29) is 27.9 Å². The fourth-order valence-electron chi connectivity index (χ4n) is 3.88. The Morgan fingerprint density at radius 2 is 2.00 bits per heavy atom. The van der Waals surface area contributed by atoms with Crippen LogP contribution in [0.4, 0.5) is 0 Å². The lowest BCUT2D eigenvalue weighted by Gasteiger charge is -2.21. The van der Waals surface area contributed by atoms with Crippen LogP contribution in [0, 0.1) is 11.8 Å². The average molecular weight is 467 g/mol. The smallest absolute Gasteiger partial charge is 0.366 e. The van der Waals surface area contributed by atoms with Gasteiger partial charge >= 0.3 is 7.60 Å². The molecule has 6 atom stereocenters. The van der Waals surface area contributed by atoms with Crippen LogP contribution in [-0.2, 0) is 11.0 Å². The number of thiophene rings is 1. The Bertz CT molecular complexity index is 703. The first-order valence-corrected chi connectivity index (χ1v) is 13.0. The van der Waals surface area contributed by atoms with Crippen molar-refractivity contribution >= 4 is 35.2 Å². The molecular formula is C20H32ClO6PS. The van der Waals surface area contributed by atoms with Crippen LogP contribution in [0.2, 0.25) is 0 Å². The van der Waals surface area contributed by atoms with Gasteiger partial charge in [0.05, 0.1) is 18.3 Å². The molecule has 1 aliphatic rings. The molecule has 0 unspecified atom stereocenters. The first-order valence-electron chi connectivity index (χ1n) is 10.1. The van der Waals surface area contributed by atoms with Gasteiger partial charge in [-0.25, -0.2) is 0 Å². The molecule has 9 heteroatoms. The van der Waals surface area contributed by atoms with Crippen molar-refractivity contribution < 1.29 is 29.7 Å². The first-order chi connectivity index (χ1) is 13.6. The molecule has 6 nitrogen and oxygen atoms in total. The number of aryl methyl sites for hydroxylation is 1. The van der Waals surface area contributed by atoms with Crippen LogP contribution in [0.15, 0.2) is 24.3 Å². The van der Waals surface area contributed by atoms with E-state index in [0.29, 0.717) is 25.7 Å². The molecule has 1 heterocycles. The number of aliphatic hydroxyl groups is 3. The standard InChI is InChI=1S/C20H32ClO6PS/c1-13(22)4-2-5-14(23)8-10-17-16(18(21)12-19(17)24)7-3-6-15-9-11-20(29-15)28(25,26)27/h8-11,13-14,16-19,22-24H,2-7,12H2,1H3,(H2,25,26,27)/t13-,14+,16-,17-,18-,19-/m1/s1. The van der Waals surface area contributed by atoms with Crippen LogP contribution < -0.4 is 4.62 Å². The van der Waals surface area contributed by atoms with E-state index in [1.165, 1.54) is 6.07 Å². The van der Waals surface area contributed by atoms with Crippen LogP contribution in [0.5, 0.6) is 0 Å². The number of rotatable bonds is 11. The molecule has 0 saturated heterocycles. The minimum Gasteiger partial charge on any atom is -0.393 e. The van der Waals surface area contributed by atoms with Gasteiger partial charge in [-0.1, -0.05) is 12.2 Å². The van der Waals surface area contributed by atoms with E-state index < -0.39 is 19.8 Å². The summed E-state index contributed by atoms with van der Waals surface area (Å²) in [5.74, 6) is -0.0216. The van der Waals surface area contributed by atoms with Gasteiger partial charge in [0.25, 0.3) is 0 Å². The predicted octanol–water partition coefficient (Wildman–Crippen LogP) is 2.95. The zero-order valence-corrected chi connectivity index (χ0v) is 19.1. The summed E-state index contributed by atoms with van der Waals surface area (Å²) in [6, 6.07) is 3.23. The summed E-state index contributed by atoms with van der Waals surface area (Å²) in [4.78, 5) is 19.4. The van der Waals surface area contributed by atoms with Crippen molar-refractivity contribution in [3.05, 3.63) is 29.2 Å². The molecular weight excluding hydrogens is 435 g/mol. The zero-order chi connectivity index (χ0) is 21.6. The molecule has 0 aromatic carbocycles. The number of aliphatic hydroxyl groups excluding tert-OH is 3.